The number of nitrogens with one attached hydrogen (secondary N) is 2. The summed E-state index contributed by atoms with van der Waals surface area (Å²) in [5.74, 6) is 0.210. The van der Waals surface area contributed by atoms with Crippen LogP contribution >= 0.6 is 0 Å². The van der Waals surface area contributed by atoms with Crippen molar-refractivity contribution in [2.45, 2.75) is 0 Å². The largest absolute Gasteiger partial charge is 0.495 e. The Kier molecular flexibility index (Phi) is 4.78. The molecule has 21 heavy (non-hydrogen) atoms. The molecule has 0 aliphatic heterocycles. The van der Waals surface area contributed by atoms with Crippen LogP contribution in [0.25, 0.3) is 0 Å². The van der Waals surface area contributed by atoms with Gasteiger partial charge in [0.15, 0.2) is 0 Å². The predicted molar refractivity (Wildman–Crippen MR) is 81.3 cm³/mol. The van der Waals surface area contributed by atoms with Crippen LogP contribution in [0.4, 0.5) is 11.4 Å². The van der Waals surface area contributed by atoms with Crippen LogP contribution in [0.15, 0.2) is 48.5 Å². The summed E-state index contributed by atoms with van der Waals surface area (Å²) in [5, 5.41) is 14.8. The van der Waals surface area contributed by atoms with Crippen LogP contribution in [0.3, 0.4) is 0 Å². The zero-order chi connectivity index (χ0) is 15.1. The third-order valence-electron chi connectivity index (χ3n) is 2.86. The van der Waals surface area contributed by atoms with E-state index in [0.29, 0.717) is 17.0 Å². The van der Waals surface area contributed by atoms with Crippen LogP contribution in [-0.2, 0) is 4.79 Å². The molecule has 0 unspecified atom stereocenters. The molecule has 2 aromatic rings. The molecule has 2 rings (SSSR count). The van der Waals surface area contributed by atoms with Crippen LogP contribution in [0.5, 0.6) is 5.75 Å². The molecule has 5 nitrogen and oxygen atoms in total. The molecular formula is C16H15N3O2. The molecule has 2 aromatic carbocycles. The van der Waals surface area contributed by atoms with E-state index in [-0.39, 0.29) is 12.5 Å². The highest BCUT2D eigenvalue weighted by Crippen LogP contribution is 2.27. The number of benzene rings is 2. The van der Waals surface area contributed by atoms with Gasteiger partial charge in [-0.3, -0.25) is 4.79 Å². The van der Waals surface area contributed by atoms with E-state index in [1.807, 2.05) is 36.4 Å². The highest BCUT2D eigenvalue weighted by Gasteiger charge is 2.12. The Labute approximate surface area is 123 Å². The molecule has 5 heteroatoms. The van der Waals surface area contributed by atoms with Crippen molar-refractivity contribution in [2.24, 2.45) is 0 Å². The molecule has 0 aliphatic carbocycles. The fourth-order valence-corrected chi connectivity index (χ4v) is 1.85. The fourth-order valence-electron chi connectivity index (χ4n) is 1.85. The Bertz CT molecular complexity index is 663. The molecule has 0 atom stereocenters. The Morgan fingerprint density at radius 3 is 2.62 bits per heavy atom. The molecule has 0 radical (unpaired) electrons. The maximum absolute atomic E-state index is 12.0. The summed E-state index contributed by atoms with van der Waals surface area (Å²) >= 11 is 0. The van der Waals surface area contributed by atoms with Crippen molar-refractivity contribution in [3.63, 3.8) is 0 Å². The number of methoxy groups -OCH3 is 1. The molecule has 0 saturated heterocycles. The number of hydrogen-bond acceptors (Lipinski definition) is 4. The van der Waals surface area contributed by atoms with E-state index in [1.54, 1.807) is 18.2 Å². The van der Waals surface area contributed by atoms with Crippen LogP contribution in [0, 0.1) is 11.3 Å². The minimum absolute atomic E-state index is 0.104. The van der Waals surface area contributed by atoms with E-state index < -0.39 is 0 Å². The Balaban J connectivity index is 2.05. The number of para-hydroxylation sites is 2. The van der Waals surface area contributed by atoms with Crippen molar-refractivity contribution in [3.05, 3.63) is 54.1 Å². The quantitative estimate of drug-likeness (QED) is 0.883. The third-order valence-corrected chi connectivity index (χ3v) is 2.86. The zero-order valence-electron chi connectivity index (χ0n) is 11.6. The van der Waals surface area contributed by atoms with E-state index in [4.69, 9.17) is 10.00 Å². The number of rotatable bonds is 5. The summed E-state index contributed by atoms with van der Waals surface area (Å²) in [6.07, 6.45) is 0. The third kappa shape index (κ3) is 3.74. The summed E-state index contributed by atoms with van der Waals surface area (Å²) in [6.45, 7) is 0.104. The van der Waals surface area contributed by atoms with Crippen LogP contribution in [0.2, 0.25) is 0 Å². The van der Waals surface area contributed by atoms with E-state index in [9.17, 15) is 4.79 Å². The summed E-state index contributed by atoms with van der Waals surface area (Å²) in [4.78, 5) is 12.0. The first-order chi connectivity index (χ1) is 10.2. The Morgan fingerprint density at radius 1 is 1.19 bits per heavy atom. The number of nitriles is 1. The molecule has 0 spiro atoms. The second-order valence-electron chi connectivity index (χ2n) is 4.26. The Hall–Kier alpha value is -3.00. The molecule has 1 amide bonds. The average molecular weight is 281 g/mol. The van der Waals surface area contributed by atoms with Gasteiger partial charge in [-0.05, 0) is 24.3 Å². The average Bonchev–Trinajstić information content (AvgIpc) is 2.54. The zero-order valence-corrected chi connectivity index (χ0v) is 11.6. The molecule has 106 valence electrons. The SMILES string of the molecule is COc1cccc(C#N)c1NC(=O)CNc1ccccc1. The molecular weight excluding hydrogens is 266 g/mol. The van der Waals surface area contributed by atoms with Gasteiger partial charge < -0.3 is 15.4 Å². The first-order valence-electron chi connectivity index (χ1n) is 6.40. The van der Waals surface area contributed by atoms with E-state index in [2.05, 4.69) is 10.6 Å². The number of amides is 1. The van der Waals surface area contributed by atoms with Gasteiger partial charge in [-0.2, -0.15) is 5.26 Å². The van der Waals surface area contributed by atoms with Crippen molar-refractivity contribution >= 4 is 17.3 Å². The van der Waals surface area contributed by atoms with Gasteiger partial charge in [0.05, 0.1) is 19.2 Å². The number of hydrogen-bond donors (Lipinski definition) is 2. The molecule has 0 saturated carbocycles. The van der Waals surface area contributed by atoms with Crippen molar-refractivity contribution < 1.29 is 9.53 Å². The summed E-state index contributed by atoms with van der Waals surface area (Å²) < 4.78 is 5.17. The second-order valence-corrected chi connectivity index (χ2v) is 4.26. The van der Waals surface area contributed by atoms with Gasteiger partial charge in [0.2, 0.25) is 5.91 Å². The molecule has 2 N–H and O–H groups in total. The standard InChI is InChI=1S/C16H15N3O2/c1-21-14-9-5-6-12(10-17)16(14)19-15(20)11-18-13-7-3-2-4-8-13/h2-9,18H,11H2,1H3,(H,19,20). The van der Waals surface area contributed by atoms with E-state index in [1.165, 1.54) is 7.11 Å². The summed E-state index contributed by atoms with van der Waals surface area (Å²) in [5.41, 5.74) is 1.61. The van der Waals surface area contributed by atoms with Gasteiger partial charge in [-0.15, -0.1) is 0 Å². The summed E-state index contributed by atoms with van der Waals surface area (Å²) in [7, 11) is 1.49. The van der Waals surface area contributed by atoms with Gasteiger partial charge in [-0.1, -0.05) is 24.3 Å². The number of carbonyl (C=O) groups excluding carboxylic acids is 1. The fraction of sp³-hybridized carbons (Fsp3) is 0.125. The van der Waals surface area contributed by atoms with Gasteiger partial charge >= 0.3 is 0 Å². The highest BCUT2D eigenvalue weighted by atomic mass is 16.5. The van der Waals surface area contributed by atoms with Crippen LogP contribution < -0.4 is 15.4 Å². The summed E-state index contributed by atoms with van der Waals surface area (Å²) in [6, 6.07) is 16.5. The topological polar surface area (TPSA) is 74.1 Å². The molecule has 0 fully saturated rings. The molecule has 0 aliphatic rings. The number of ether oxygens (including phenoxy) is 1. The van der Waals surface area contributed by atoms with Crippen molar-refractivity contribution in [1.82, 2.24) is 0 Å². The van der Waals surface area contributed by atoms with Crippen LogP contribution in [-0.4, -0.2) is 19.6 Å². The predicted octanol–water partition coefficient (Wildman–Crippen LogP) is 2.62. The molecule has 0 heterocycles. The normalized spacial score (nSPS) is 9.52. The second kappa shape index (κ2) is 6.96. The van der Waals surface area contributed by atoms with Crippen LogP contribution in [0.1, 0.15) is 5.56 Å². The van der Waals surface area contributed by atoms with Gasteiger partial charge in [-0.25, -0.2) is 0 Å². The van der Waals surface area contributed by atoms with E-state index in [0.717, 1.165) is 5.69 Å². The Morgan fingerprint density at radius 2 is 1.95 bits per heavy atom. The van der Waals surface area contributed by atoms with Crippen molar-refractivity contribution in [2.75, 3.05) is 24.3 Å². The number of anilines is 2. The lowest BCUT2D eigenvalue weighted by Gasteiger charge is -2.12. The highest BCUT2D eigenvalue weighted by molar-refractivity contribution is 5.96. The smallest absolute Gasteiger partial charge is 0.243 e. The lowest BCUT2D eigenvalue weighted by Crippen LogP contribution is -2.22. The van der Waals surface area contributed by atoms with Gasteiger partial charge in [0, 0.05) is 5.69 Å². The number of carbonyl (C=O) groups is 1. The maximum Gasteiger partial charge on any atom is 0.243 e. The minimum atomic E-state index is -0.250. The van der Waals surface area contributed by atoms with Crippen molar-refractivity contribution in [1.29, 1.82) is 5.26 Å². The minimum Gasteiger partial charge on any atom is -0.495 e. The lowest BCUT2D eigenvalue weighted by molar-refractivity contribution is -0.114. The first kappa shape index (κ1) is 14.4. The first-order valence-corrected chi connectivity index (χ1v) is 6.40. The lowest BCUT2D eigenvalue weighted by atomic mass is 10.1. The van der Waals surface area contributed by atoms with E-state index >= 15 is 0 Å². The number of nitrogens with zero attached hydrogens (tertiary/aromatic N) is 1. The van der Waals surface area contributed by atoms with Gasteiger partial charge in [0.25, 0.3) is 0 Å². The maximum atomic E-state index is 12.0. The monoisotopic (exact) mass is 281 g/mol. The molecule has 0 aromatic heterocycles. The van der Waals surface area contributed by atoms with Crippen molar-refractivity contribution in [3.8, 4) is 11.8 Å². The van der Waals surface area contributed by atoms with Gasteiger partial charge in [0.1, 0.15) is 17.5 Å². The molecule has 0 bridgehead atoms.